The molecule has 20 atom stereocenters. The summed E-state index contributed by atoms with van der Waals surface area (Å²) in [6, 6.07) is 15.5. The van der Waals surface area contributed by atoms with Gasteiger partial charge in [-0.1, -0.05) is 42.5 Å². The number of esters is 1. The molecule has 1 amide bonds. The van der Waals surface area contributed by atoms with Gasteiger partial charge in [0.15, 0.2) is 55.2 Å². The largest absolute Gasteiger partial charge is 0.508 e. The number of hydrogen-bond acceptors (Lipinski definition) is 34. The number of rotatable bonds is 23. The topological polar surface area (TPSA) is 677 Å². The number of benzene rings is 3. The number of amides is 1. The molecule has 0 saturated carbocycles. The molecule has 5 heterocycles. The minimum atomic E-state index is -6.09. The number of phenols is 2. The van der Waals surface area contributed by atoms with Crippen LogP contribution in [-0.2, 0) is 127 Å². The Morgan fingerprint density at radius 1 is 0.532 bits per heavy atom. The lowest BCUT2D eigenvalue weighted by Gasteiger charge is -2.50. The highest BCUT2D eigenvalue weighted by molar-refractivity contribution is 7.83. The second kappa shape index (κ2) is 29.4. The zero-order chi connectivity index (χ0) is 70.1. The minimum Gasteiger partial charge on any atom is -0.508 e. The van der Waals surface area contributed by atoms with E-state index in [2.05, 4.69) is 16.7 Å². The molecule has 3 aromatic rings. The number of cyclic esters (lactones) is 1. The first-order valence-electron chi connectivity index (χ1n) is 26.0. The van der Waals surface area contributed by atoms with Crippen molar-refractivity contribution in [1.82, 2.24) is 10.0 Å². The van der Waals surface area contributed by atoms with Gasteiger partial charge in [-0.15, -0.1) is 0 Å². The molecule has 94 heavy (non-hydrogen) atoms. The van der Waals surface area contributed by atoms with Gasteiger partial charge in [0.2, 0.25) is 5.91 Å². The van der Waals surface area contributed by atoms with Crippen molar-refractivity contribution in [2.45, 2.75) is 135 Å². The van der Waals surface area contributed by atoms with Crippen molar-refractivity contribution in [2.24, 2.45) is 0 Å². The molecule has 17 N–H and O–H groups in total. The molecule has 5 aliphatic rings. The Hall–Kier alpha value is -6.03. The number of fused-ring (bicyclic) bond motifs is 1. The average molecular weight is 1450 g/mol. The summed E-state index contributed by atoms with van der Waals surface area (Å²) in [5.41, 5.74) is 1.60. The lowest BCUT2D eigenvalue weighted by Crippen LogP contribution is -2.71. The second-order valence-corrected chi connectivity index (χ2v) is 25.7. The smallest absolute Gasteiger partial charge is 0.397 e. The molecule has 48 heteroatoms. The van der Waals surface area contributed by atoms with Gasteiger partial charge in [-0.3, -0.25) is 27.6 Å². The minimum absolute atomic E-state index is 0.136. The highest BCUT2D eigenvalue weighted by Crippen LogP contribution is 2.48. The quantitative estimate of drug-likeness (QED) is 0.0310. The molecule has 4 saturated heterocycles. The monoisotopic (exact) mass is 1450 g/mol. The first-order valence-corrected chi connectivity index (χ1v) is 32.9. The number of aliphatic hydroxyl groups excluding tert-OH is 6. The lowest BCUT2D eigenvalue weighted by molar-refractivity contribution is -0.366. The lowest BCUT2D eigenvalue weighted by atomic mass is 9.80. The van der Waals surface area contributed by atoms with E-state index < -0.39 is 217 Å². The molecular formula is C46H56N2O41S5. The number of aliphatic carboxylic acids is 2. The number of carboxylic acid groups (broad SMARTS) is 2. The number of ether oxygens (including phenoxy) is 8. The third-order valence-electron chi connectivity index (χ3n) is 14.0. The van der Waals surface area contributed by atoms with E-state index in [0.717, 1.165) is 23.6 Å². The van der Waals surface area contributed by atoms with Crippen LogP contribution in [0.2, 0.25) is 0 Å². The number of phenolic OH excluding ortho intramolecular Hbond substituents is 2. The van der Waals surface area contributed by atoms with E-state index in [-0.39, 0.29) is 11.5 Å². The van der Waals surface area contributed by atoms with E-state index in [1.807, 2.05) is 17.4 Å². The molecule has 0 radical (unpaired) electrons. The molecule has 43 nitrogen and oxygen atoms in total. The molecule has 0 aromatic heterocycles. The van der Waals surface area contributed by atoms with Gasteiger partial charge in [0.25, 0.3) is 0 Å². The average Bonchev–Trinajstić information content (AvgIpc) is 1.52. The van der Waals surface area contributed by atoms with Gasteiger partial charge < -0.3 is 94.3 Å². The maximum Gasteiger partial charge on any atom is 0.397 e. The maximum atomic E-state index is 12.7. The molecule has 0 bridgehead atoms. The zero-order valence-electron chi connectivity index (χ0n) is 46.8. The van der Waals surface area contributed by atoms with Gasteiger partial charge >= 0.3 is 69.8 Å². The van der Waals surface area contributed by atoms with Crippen molar-refractivity contribution in [3.8, 4) is 11.5 Å². The maximum absolute atomic E-state index is 12.7. The molecule has 5 aliphatic heterocycles. The highest BCUT2D eigenvalue weighted by atomic mass is 32.3. The Labute approximate surface area is 528 Å². The van der Waals surface area contributed by atoms with Crippen molar-refractivity contribution in [3.05, 3.63) is 95.1 Å². The summed E-state index contributed by atoms with van der Waals surface area (Å²) in [5, 5.41) is 105. The van der Waals surface area contributed by atoms with Crippen LogP contribution < -0.4 is 10.0 Å². The number of nitrogens with one attached hydrogen (secondary N) is 2. The summed E-state index contributed by atoms with van der Waals surface area (Å²) in [5.74, 6) is -5.61. The summed E-state index contributed by atoms with van der Waals surface area (Å²) in [6.07, 6.45) is -49.1. The summed E-state index contributed by atoms with van der Waals surface area (Å²) in [7, 11) is -29.1. The first-order chi connectivity index (χ1) is 43.4. The number of carbonyl (C=O) groups excluding carboxylic acids is 2. The van der Waals surface area contributed by atoms with E-state index >= 15 is 0 Å². The number of aliphatic hydroxyl groups is 6. The summed E-state index contributed by atoms with van der Waals surface area (Å²) >= 11 is 0. The van der Waals surface area contributed by atoms with Crippen LogP contribution >= 0.6 is 0 Å². The molecule has 526 valence electrons. The van der Waals surface area contributed by atoms with E-state index in [9.17, 15) is 131 Å². The SMILES string of the molecule is CC(=O)N[C@@H]1[C@@H](O)[C@H](O[C@@H]2O[C@H](C(=O)O)[C@@H](O[C@@H]3O[C@H](CO)[C@@H](O[C@H]4O[C@@H](C(=O)O)[C@H](O)[C@@H](O)[C@@H]4OS(=O)(=O)O)[C@H](OS(=O)(=O)O)[C@H]3NS(=O)(=O)O)[C@H](O)[C@H]2OS(=O)(=O)O)[C@H](COS(=O)(=O)O)O[C@H]1O.O=C1OC(c2ccc(O)cc2)(c2ccc(O)cc2)c2ccccc21. The van der Waals surface area contributed by atoms with Gasteiger partial charge in [-0.05, 0) is 30.3 Å². The molecule has 8 rings (SSSR count). The molecule has 0 unspecified atom stereocenters. The molecule has 0 aliphatic carbocycles. The number of carboxylic acids is 2. The zero-order valence-corrected chi connectivity index (χ0v) is 50.8. The van der Waals surface area contributed by atoms with Crippen LogP contribution in [0.3, 0.4) is 0 Å². The van der Waals surface area contributed by atoms with Crippen LogP contribution in [0, 0.1) is 0 Å². The van der Waals surface area contributed by atoms with Crippen molar-refractivity contribution in [1.29, 1.82) is 0 Å². The molecule has 4 fully saturated rings. The van der Waals surface area contributed by atoms with Crippen molar-refractivity contribution >= 4 is 75.7 Å². The van der Waals surface area contributed by atoms with Crippen molar-refractivity contribution < 1.29 is 190 Å². The predicted octanol–water partition coefficient (Wildman–Crippen LogP) is -7.15. The number of hydrogen-bond donors (Lipinski definition) is 17. The Morgan fingerprint density at radius 3 is 1.49 bits per heavy atom. The summed E-state index contributed by atoms with van der Waals surface area (Å²) in [6.45, 7) is -2.24. The van der Waals surface area contributed by atoms with Gasteiger partial charge in [0, 0.05) is 23.6 Å². The summed E-state index contributed by atoms with van der Waals surface area (Å²) < 4.78 is 228. The molecule has 0 spiro atoms. The van der Waals surface area contributed by atoms with Gasteiger partial charge in [0.1, 0.15) is 84.6 Å². The predicted molar refractivity (Wildman–Crippen MR) is 289 cm³/mol. The van der Waals surface area contributed by atoms with Crippen molar-refractivity contribution in [3.63, 3.8) is 0 Å². The van der Waals surface area contributed by atoms with Crippen LogP contribution in [0.15, 0.2) is 72.8 Å². The third-order valence-corrected chi connectivity index (χ3v) is 16.4. The second-order valence-electron chi connectivity index (χ2n) is 20.3. The Balaban J connectivity index is 0.000000428. The third kappa shape index (κ3) is 18.3. The van der Waals surface area contributed by atoms with Crippen LogP contribution in [-0.4, -0.2) is 276 Å². The van der Waals surface area contributed by atoms with Gasteiger partial charge in [-0.2, -0.15) is 46.8 Å². The van der Waals surface area contributed by atoms with Crippen LogP contribution in [0.1, 0.15) is 34.0 Å². The van der Waals surface area contributed by atoms with E-state index in [1.165, 1.54) is 4.72 Å². The highest BCUT2D eigenvalue weighted by Gasteiger charge is 2.61. The van der Waals surface area contributed by atoms with Crippen LogP contribution in [0.4, 0.5) is 0 Å². The molecular weight excluding hydrogens is 1400 g/mol. The Bertz CT molecular complexity index is 3760. The Kier molecular flexibility index (Phi) is 23.5. The van der Waals surface area contributed by atoms with Crippen LogP contribution in [0.25, 0.3) is 0 Å². The normalized spacial score (nSPS) is 33.0. The number of carbonyl (C=O) groups is 4. The van der Waals surface area contributed by atoms with Gasteiger partial charge in [0.05, 0.1) is 18.8 Å². The molecule has 3 aromatic carbocycles. The van der Waals surface area contributed by atoms with Crippen LogP contribution in [0.5, 0.6) is 11.5 Å². The first kappa shape index (κ1) is 75.4. The van der Waals surface area contributed by atoms with Crippen molar-refractivity contribution in [2.75, 3.05) is 13.2 Å². The Morgan fingerprint density at radius 2 is 1.01 bits per heavy atom. The number of aromatic hydroxyl groups is 2. The van der Waals surface area contributed by atoms with E-state index in [4.69, 9.17) is 42.4 Å². The standard InChI is InChI=1S/C26H42N2O37S5.C20H14O4/c1-4(30)27-7-9(31)13(6(56-23(7)39)3-55-67(43,44)45)58-26-19(65-70(52,53)54)12(34)16(20(62-26)22(37)38)60-24-8(28-66(40,41)42)15(63-68(46,47)48)14(5(2-29)57-24)59-25-18(64-69(49,50)51)11(33)10(32)17(61-25)21(35)36;21-15-9-5-13(6-10-15)20(14-7-11-16(22)12-8-14)18-4-2-1-3-17(18)19(23)24-20/h5-20,23-26,28-29,31-34,39H,2-3H2,1H3,(H,27,30)(H,35,36)(H,37,38)(H,40,41,42)(H,43,44,45)(H,46,47,48)(H,49,50,51)(H,52,53,54);1-12,21-22H/t5-,6+,7-,8-,9-,10-,11-,12+,13-,14-,15-,16+,17-,18+,19-,20+,23-,24+,25+,26-;/m1./s1. The van der Waals surface area contributed by atoms with E-state index in [0.29, 0.717) is 5.56 Å². The fourth-order valence-corrected chi connectivity index (χ4v) is 12.6. The fraction of sp³-hybridized carbons (Fsp3) is 0.522. The van der Waals surface area contributed by atoms with Gasteiger partial charge in [-0.25, -0.2) is 31.1 Å². The summed E-state index contributed by atoms with van der Waals surface area (Å²) in [4.78, 5) is 48.8. The fourth-order valence-electron chi connectivity index (χ4n) is 10.3. The van der Waals surface area contributed by atoms with E-state index in [1.54, 1.807) is 60.7 Å².